The molecule has 0 aromatic carbocycles. The first-order valence-electron chi connectivity index (χ1n) is 7.54. The molecule has 0 aliphatic rings. The molecule has 3 rings (SSSR count). The van der Waals surface area contributed by atoms with Crippen molar-refractivity contribution in [1.82, 2.24) is 19.7 Å². The van der Waals surface area contributed by atoms with Crippen LogP contribution in [0.1, 0.15) is 12.1 Å². The summed E-state index contributed by atoms with van der Waals surface area (Å²) in [6, 6.07) is 5.99. The van der Waals surface area contributed by atoms with Crippen molar-refractivity contribution in [2.45, 2.75) is 24.1 Å². The lowest BCUT2D eigenvalue weighted by Crippen LogP contribution is -2.14. The summed E-state index contributed by atoms with van der Waals surface area (Å²) in [5, 5.41) is 21.0. The van der Waals surface area contributed by atoms with Gasteiger partial charge in [-0.1, -0.05) is 29.2 Å². The van der Waals surface area contributed by atoms with Crippen LogP contribution in [0, 0.1) is 23.0 Å². The van der Waals surface area contributed by atoms with E-state index in [2.05, 4.69) is 26.6 Å². The van der Waals surface area contributed by atoms with Crippen molar-refractivity contribution in [2.24, 2.45) is 0 Å². The molecule has 1 amide bonds. The monoisotopic (exact) mass is 422 g/mol. The third-order valence-electron chi connectivity index (χ3n) is 3.33. The van der Waals surface area contributed by atoms with Gasteiger partial charge in [0.05, 0.1) is 26.6 Å². The summed E-state index contributed by atoms with van der Waals surface area (Å²) in [6.07, 6.45) is 0.255. The highest BCUT2D eigenvalue weighted by Gasteiger charge is 2.14. The topological polar surface area (TPSA) is 99.4 Å². The average molecular weight is 423 g/mol. The SMILES string of the molecule is Cc1nc(NC(=O)CCn2c(-c3cccs3)n[nH]c2=S)sc1SCC#N. The first-order chi connectivity index (χ1) is 12.6. The molecule has 2 N–H and O–H groups in total. The molecule has 0 saturated carbocycles. The number of anilines is 1. The van der Waals surface area contributed by atoms with Crippen LogP contribution in [0.4, 0.5) is 5.13 Å². The number of rotatable bonds is 7. The maximum Gasteiger partial charge on any atom is 0.227 e. The van der Waals surface area contributed by atoms with Crippen LogP contribution in [-0.2, 0) is 11.3 Å². The molecule has 7 nitrogen and oxygen atoms in total. The molecule has 0 unspecified atom stereocenters. The lowest BCUT2D eigenvalue weighted by molar-refractivity contribution is -0.116. The number of H-pyrrole nitrogens is 1. The summed E-state index contributed by atoms with van der Waals surface area (Å²) in [7, 11) is 0. The third-order valence-corrected chi connectivity index (χ3v) is 6.81. The Morgan fingerprint density at radius 1 is 1.58 bits per heavy atom. The van der Waals surface area contributed by atoms with E-state index in [0.29, 0.717) is 22.2 Å². The van der Waals surface area contributed by atoms with Gasteiger partial charge in [-0.3, -0.25) is 14.5 Å². The summed E-state index contributed by atoms with van der Waals surface area (Å²) in [5.74, 6) is 0.953. The number of nitriles is 1. The van der Waals surface area contributed by atoms with Crippen LogP contribution in [0.3, 0.4) is 0 Å². The Bertz CT molecular complexity index is 994. The molecule has 0 aliphatic heterocycles. The van der Waals surface area contributed by atoms with Crippen molar-refractivity contribution in [3.05, 3.63) is 28.0 Å². The van der Waals surface area contributed by atoms with Gasteiger partial charge in [-0.05, 0) is 30.6 Å². The zero-order chi connectivity index (χ0) is 18.5. The Hall–Kier alpha value is -2.00. The summed E-state index contributed by atoms with van der Waals surface area (Å²) < 4.78 is 3.25. The van der Waals surface area contributed by atoms with Gasteiger partial charge in [0.25, 0.3) is 0 Å². The highest BCUT2D eigenvalue weighted by atomic mass is 32.2. The van der Waals surface area contributed by atoms with Gasteiger partial charge in [-0.15, -0.1) is 11.3 Å². The van der Waals surface area contributed by atoms with E-state index in [0.717, 1.165) is 20.6 Å². The molecular formula is C15H14N6OS4. The number of hydrogen-bond acceptors (Lipinski definition) is 8. The van der Waals surface area contributed by atoms with Crippen molar-refractivity contribution in [1.29, 1.82) is 5.26 Å². The molecule has 11 heteroatoms. The van der Waals surface area contributed by atoms with Crippen LogP contribution in [0.25, 0.3) is 10.7 Å². The molecule has 0 fully saturated rings. The summed E-state index contributed by atoms with van der Waals surface area (Å²) >= 11 is 9.64. The number of carbonyl (C=O) groups excluding carboxylic acids is 1. The molecule has 0 radical (unpaired) electrons. The summed E-state index contributed by atoms with van der Waals surface area (Å²) in [4.78, 5) is 17.6. The number of aryl methyl sites for hydroxylation is 1. The Kier molecular flexibility index (Phi) is 6.20. The Labute approximate surface area is 167 Å². The molecule has 134 valence electrons. The second-order valence-corrected chi connectivity index (χ2v) is 8.70. The number of thioether (sulfide) groups is 1. The standard InChI is InChI=1S/C15H14N6OS4/c1-9-13(25-8-5-16)26-14(17-9)18-11(22)4-6-21-12(19-20-15(21)23)10-3-2-7-24-10/h2-3,7H,4,6,8H2,1H3,(H,20,23)(H,17,18,22). The van der Waals surface area contributed by atoms with Gasteiger partial charge >= 0.3 is 0 Å². The van der Waals surface area contributed by atoms with Gasteiger partial charge in [0.2, 0.25) is 5.91 Å². The van der Waals surface area contributed by atoms with Crippen LogP contribution >= 0.6 is 46.7 Å². The Morgan fingerprint density at radius 2 is 2.42 bits per heavy atom. The van der Waals surface area contributed by atoms with Crippen LogP contribution in [0.15, 0.2) is 21.7 Å². The average Bonchev–Trinajstić information content (AvgIpc) is 3.32. The van der Waals surface area contributed by atoms with E-state index in [1.54, 1.807) is 11.3 Å². The van der Waals surface area contributed by atoms with E-state index in [9.17, 15) is 4.79 Å². The van der Waals surface area contributed by atoms with Gasteiger partial charge in [-0.25, -0.2) is 4.98 Å². The second-order valence-electron chi connectivity index (χ2n) is 5.12. The molecule has 0 atom stereocenters. The highest BCUT2D eigenvalue weighted by molar-refractivity contribution is 8.01. The molecule has 0 aliphatic carbocycles. The largest absolute Gasteiger partial charge is 0.302 e. The molecule has 0 bridgehead atoms. The minimum Gasteiger partial charge on any atom is -0.302 e. The Balaban J connectivity index is 1.63. The van der Waals surface area contributed by atoms with Crippen molar-refractivity contribution < 1.29 is 4.79 Å². The van der Waals surface area contributed by atoms with Crippen molar-refractivity contribution in [3.8, 4) is 16.8 Å². The third kappa shape index (κ3) is 4.39. The molecule has 0 saturated heterocycles. The summed E-state index contributed by atoms with van der Waals surface area (Å²) in [5.41, 5.74) is 0.822. The fourth-order valence-corrected chi connectivity index (χ4v) is 4.94. The molecule has 0 spiro atoms. The Morgan fingerprint density at radius 3 is 3.15 bits per heavy atom. The lowest BCUT2D eigenvalue weighted by Gasteiger charge is -2.05. The first-order valence-corrected chi connectivity index (χ1v) is 10.6. The van der Waals surface area contributed by atoms with Crippen LogP contribution < -0.4 is 5.32 Å². The van der Waals surface area contributed by atoms with Crippen LogP contribution in [-0.4, -0.2) is 31.4 Å². The fraction of sp³-hybridized carbons (Fsp3) is 0.267. The van der Waals surface area contributed by atoms with Gasteiger partial charge < -0.3 is 5.32 Å². The first kappa shape index (κ1) is 18.8. The minimum atomic E-state index is -0.143. The predicted molar refractivity (Wildman–Crippen MR) is 107 cm³/mol. The molecular weight excluding hydrogens is 408 g/mol. The molecule has 3 aromatic heterocycles. The fourth-order valence-electron chi connectivity index (χ4n) is 2.18. The molecule has 3 aromatic rings. The molecule has 3 heterocycles. The quantitative estimate of drug-likeness (QED) is 0.440. The normalized spacial score (nSPS) is 10.6. The van der Waals surface area contributed by atoms with E-state index in [-0.39, 0.29) is 12.3 Å². The maximum absolute atomic E-state index is 12.3. The van der Waals surface area contributed by atoms with Crippen LogP contribution in [0.2, 0.25) is 0 Å². The minimum absolute atomic E-state index is 0.143. The summed E-state index contributed by atoms with van der Waals surface area (Å²) in [6.45, 7) is 2.29. The lowest BCUT2D eigenvalue weighted by atomic mass is 10.3. The van der Waals surface area contributed by atoms with Crippen molar-refractivity contribution in [3.63, 3.8) is 0 Å². The maximum atomic E-state index is 12.3. The molecule has 26 heavy (non-hydrogen) atoms. The van der Waals surface area contributed by atoms with Gasteiger partial charge in [0.15, 0.2) is 15.7 Å². The van der Waals surface area contributed by atoms with E-state index in [4.69, 9.17) is 17.5 Å². The number of hydrogen-bond donors (Lipinski definition) is 2. The number of aromatic amines is 1. The predicted octanol–water partition coefficient (Wildman–Crippen LogP) is 4.08. The van der Waals surface area contributed by atoms with Crippen molar-refractivity contribution >= 4 is 57.7 Å². The zero-order valence-corrected chi connectivity index (χ0v) is 16.9. The van der Waals surface area contributed by atoms with E-state index in [1.165, 1.54) is 23.1 Å². The van der Waals surface area contributed by atoms with Crippen LogP contribution in [0.5, 0.6) is 0 Å². The number of aromatic nitrogens is 4. The number of nitrogens with one attached hydrogen (secondary N) is 2. The van der Waals surface area contributed by atoms with Gasteiger partial charge in [0, 0.05) is 13.0 Å². The van der Waals surface area contributed by atoms with Gasteiger partial charge in [-0.2, -0.15) is 10.4 Å². The van der Waals surface area contributed by atoms with Gasteiger partial charge in [0.1, 0.15) is 0 Å². The zero-order valence-electron chi connectivity index (χ0n) is 13.7. The van der Waals surface area contributed by atoms with E-state index >= 15 is 0 Å². The highest BCUT2D eigenvalue weighted by Crippen LogP contribution is 2.31. The number of amides is 1. The number of nitrogens with zero attached hydrogens (tertiary/aromatic N) is 4. The van der Waals surface area contributed by atoms with E-state index in [1.807, 2.05) is 29.0 Å². The van der Waals surface area contributed by atoms with E-state index < -0.39 is 0 Å². The number of thiazole rings is 1. The smallest absolute Gasteiger partial charge is 0.227 e. The number of thiophene rings is 1. The number of carbonyl (C=O) groups is 1. The van der Waals surface area contributed by atoms with Crippen molar-refractivity contribution in [2.75, 3.05) is 11.1 Å². The second kappa shape index (κ2) is 8.59.